The number of fused-ring (bicyclic) bond motifs is 1. The molecule has 5 nitrogen and oxygen atoms in total. The van der Waals surface area contributed by atoms with E-state index in [1.807, 2.05) is 72.1 Å². The van der Waals surface area contributed by atoms with Crippen LogP contribution in [0.3, 0.4) is 0 Å². The lowest BCUT2D eigenvalue weighted by Gasteiger charge is -2.11. The van der Waals surface area contributed by atoms with Crippen molar-refractivity contribution in [3.8, 4) is 11.3 Å². The van der Waals surface area contributed by atoms with Crippen LogP contribution in [0.1, 0.15) is 22.8 Å². The number of aromatic nitrogens is 2. The zero-order valence-electron chi connectivity index (χ0n) is 15.8. The van der Waals surface area contributed by atoms with Crippen molar-refractivity contribution >= 4 is 23.1 Å². The molecular formula is C23H21N3O2. The lowest BCUT2D eigenvalue weighted by Crippen LogP contribution is -2.05. The first-order valence-corrected chi connectivity index (χ1v) is 9.24. The van der Waals surface area contributed by atoms with Gasteiger partial charge >= 0.3 is 5.97 Å². The van der Waals surface area contributed by atoms with Gasteiger partial charge in [-0.2, -0.15) is 0 Å². The van der Waals surface area contributed by atoms with E-state index in [4.69, 9.17) is 9.72 Å². The Morgan fingerprint density at radius 2 is 1.89 bits per heavy atom. The molecule has 0 aliphatic rings. The Kier molecular flexibility index (Phi) is 4.81. The van der Waals surface area contributed by atoms with Gasteiger partial charge in [0.2, 0.25) is 0 Å². The number of anilines is 2. The van der Waals surface area contributed by atoms with Gasteiger partial charge in [0.25, 0.3) is 0 Å². The van der Waals surface area contributed by atoms with Crippen molar-refractivity contribution in [3.63, 3.8) is 0 Å². The summed E-state index contributed by atoms with van der Waals surface area (Å²) in [5, 5.41) is 3.45. The van der Waals surface area contributed by atoms with Gasteiger partial charge in [-0.25, -0.2) is 9.78 Å². The summed E-state index contributed by atoms with van der Waals surface area (Å²) in [6.07, 6.45) is 2.05. The number of aryl methyl sites for hydroxylation is 1. The molecule has 4 aromatic rings. The van der Waals surface area contributed by atoms with E-state index < -0.39 is 0 Å². The minimum Gasteiger partial charge on any atom is -0.462 e. The largest absolute Gasteiger partial charge is 0.462 e. The van der Waals surface area contributed by atoms with Crippen LogP contribution in [-0.2, 0) is 4.74 Å². The second-order valence-electron chi connectivity index (χ2n) is 6.54. The van der Waals surface area contributed by atoms with Crippen molar-refractivity contribution in [2.45, 2.75) is 13.8 Å². The van der Waals surface area contributed by atoms with Crippen LogP contribution in [0.15, 0.2) is 72.9 Å². The van der Waals surface area contributed by atoms with Crippen molar-refractivity contribution < 1.29 is 9.53 Å². The average Bonchev–Trinajstić information content (AvgIpc) is 3.07. The van der Waals surface area contributed by atoms with Gasteiger partial charge in [0.1, 0.15) is 17.2 Å². The molecule has 28 heavy (non-hydrogen) atoms. The second kappa shape index (κ2) is 7.56. The molecule has 2 aromatic heterocycles. The van der Waals surface area contributed by atoms with Gasteiger partial charge in [0.05, 0.1) is 12.2 Å². The Bertz CT molecular complexity index is 1130. The zero-order chi connectivity index (χ0) is 19.5. The van der Waals surface area contributed by atoms with E-state index in [1.165, 1.54) is 0 Å². The van der Waals surface area contributed by atoms with E-state index in [1.54, 1.807) is 19.1 Å². The predicted octanol–water partition coefficient (Wildman–Crippen LogP) is 5.23. The van der Waals surface area contributed by atoms with Crippen molar-refractivity contribution in [1.29, 1.82) is 0 Å². The Balaban J connectivity index is 1.81. The van der Waals surface area contributed by atoms with Crippen LogP contribution in [-0.4, -0.2) is 22.0 Å². The zero-order valence-corrected chi connectivity index (χ0v) is 15.8. The highest BCUT2D eigenvalue weighted by Gasteiger charge is 2.15. The van der Waals surface area contributed by atoms with Gasteiger partial charge in [-0.15, -0.1) is 0 Å². The molecule has 0 atom stereocenters. The summed E-state index contributed by atoms with van der Waals surface area (Å²) in [6.45, 7) is 4.20. The summed E-state index contributed by atoms with van der Waals surface area (Å²) in [6, 6.07) is 21.4. The third kappa shape index (κ3) is 3.47. The fourth-order valence-corrected chi connectivity index (χ4v) is 3.14. The Morgan fingerprint density at radius 3 is 2.68 bits per heavy atom. The van der Waals surface area contributed by atoms with Crippen LogP contribution in [0.2, 0.25) is 0 Å². The first-order chi connectivity index (χ1) is 13.7. The molecule has 0 fully saturated rings. The Morgan fingerprint density at radius 1 is 1.07 bits per heavy atom. The summed E-state index contributed by atoms with van der Waals surface area (Å²) < 4.78 is 7.15. The fourth-order valence-electron chi connectivity index (χ4n) is 3.14. The maximum absolute atomic E-state index is 12.1. The molecule has 0 spiro atoms. The molecule has 0 amide bonds. The molecule has 0 aliphatic heterocycles. The van der Waals surface area contributed by atoms with E-state index in [-0.39, 0.29) is 5.97 Å². The number of carbonyl (C=O) groups excluding carboxylic acids is 1. The van der Waals surface area contributed by atoms with E-state index in [0.717, 1.165) is 34.0 Å². The summed E-state index contributed by atoms with van der Waals surface area (Å²) in [4.78, 5) is 16.9. The highest BCUT2D eigenvalue weighted by Crippen LogP contribution is 2.31. The number of pyridine rings is 1. The van der Waals surface area contributed by atoms with Crippen LogP contribution in [0.5, 0.6) is 0 Å². The molecule has 0 saturated carbocycles. The number of carbonyl (C=O) groups is 1. The summed E-state index contributed by atoms with van der Waals surface area (Å²) in [5.41, 5.74) is 5.17. The molecule has 2 aromatic carbocycles. The van der Waals surface area contributed by atoms with Crippen molar-refractivity contribution in [2.75, 3.05) is 11.9 Å². The Labute approximate surface area is 163 Å². The number of rotatable bonds is 5. The van der Waals surface area contributed by atoms with Crippen molar-refractivity contribution in [2.24, 2.45) is 0 Å². The number of nitrogens with zero attached hydrogens (tertiary/aromatic N) is 2. The van der Waals surface area contributed by atoms with Crippen LogP contribution < -0.4 is 5.32 Å². The molecule has 0 bridgehead atoms. The normalized spacial score (nSPS) is 10.8. The summed E-state index contributed by atoms with van der Waals surface area (Å²) in [5.74, 6) is 0.523. The highest BCUT2D eigenvalue weighted by atomic mass is 16.5. The molecule has 2 heterocycles. The van der Waals surface area contributed by atoms with Crippen molar-refractivity contribution in [3.05, 3.63) is 84.1 Å². The van der Waals surface area contributed by atoms with Gasteiger partial charge in [0.15, 0.2) is 0 Å². The monoisotopic (exact) mass is 371 g/mol. The second-order valence-corrected chi connectivity index (χ2v) is 6.54. The fraction of sp³-hybridized carbons (Fsp3) is 0.130. The number of imidazole rings is 1. The number of nitrogens with one attached hydrogen (secondary N) is 1. The lowest BCUT2D eigenvalue weighted by molar-refractivity contribution is 0.0526. The van der Waals surface area contributed by atoms with Crippen LogP contribution in [0.4, 0.5) is 11.5 Å². The van der Waals surface area contributed by atoms with Gasteiger partial charge in [-0.05, 0) is 43.7 Å². The maximum Gasteiger partial charge on any atom is 0.338 e. The third-order valence-corrected chi connectivity index (χ3v) is 4.45. The van der Waals surface area contributed by atoms with E-state index in [0.29, 0.717) is 12.2 Å². The number of hydrogen-bond acceptors (Lipinski definition) is 4. The molecule has 0 radical (unpaired) electrons. The number of esters is 1. The summed E-state index contributed by atoms with van der Waals surface area (Å²) in [7, 11) is 0. The van der Waals surface area contributed by atoms with E-state index in [9.17, 15) is 4.79 Å². The smallest absolute Gasteiger partial charge is 0.338 e. The third-order valence-electron chi connectivity index (χ3n) is 4.45. The van der Waals surface area contributed by atoms with E-state index >= 15 is 0 Å². The van der Waals surface area contributed by atoms with Crippen molar-refractivity contribution in [1.82, 2.24) is 9.38 Å². The maximum atomic E-state index is 12.1. The Hall–Kier alpha value is -3.60. The molecular weight excluding hydrogens is 350 g/mol. The summed E-state index contributed by atoms with van der Waals surface area (Å²) >= 11 is 0. The van der Waals surface area contributed by atoms with Crippen LogP contribution in [0.25, 0.3) is 16.9 Å². The van der Waals surface area contributed by atoms with Gasteiger partial charge in [-0.3, -0.25) is 4.40 Å². The molecule has 0 unspecified atom stereocenters. The standard InChI is InChI=1S/C23H21N3O2/c1-3-28-23(27)18-10-7-11-19(14-18)24-22-21(17-8-5-4-6-9-17)25-20-13-12-16(2)15-26(20)22/h4-15,24H,3H2,1-2H3. The first-order valence-electron chi connectivity index (χ1n) is 9.24. The lowest BCUT2D eigenvalue weighted by atomic mass is 10.1. The quantitative estimate of drug-likeness (QED) is 0.488. The minimum atomic E-state index is -0.330. The van der Waals surface area contributed by atoms with Gasteiger partial charge in [0, 0.05) is 17.4 Å². The topological polar surface area (TPSA) is 55.6 Å². The molecule has 0 aliphatic carbocycles. The SMILES string of the molecule is CCOC(=O)c1cccc(Nc2c(-c3ccccc3)nc3ccc(C)cn23)c1. The van der Waals surface area contributed by atoms with E-state index in [2.05, 4.69) is 5.32 Å². The number of ether oxygens (including phenoxy) is 1. The highest BCUT2D eigenvalue weighted by molar-refractivity contribution is 5.91. The number of benzene rings is 2. The van der Waals surface area contributed by atoms with Gasteiger partial charge in [-0.1, -0.05) is 42.5 Å². The molecule has 5 heteroatoms. The molecule has 140 valence electrons. The molecule has 0 saturated heterocycles. The first kappa shape index (κ1) is 17.8. The molecule has 4 rings (SSSR count). The average molecular weight is 371 g/mol. The minimum absolute atomic E-state index is 0.330. The number of hydrogen-bond donors (Lipinski definition) is 1. The van der Waals surface area contributed by atoms with Crippen LogP contribution >= 0.6 is 0 Å². The van der Waals surface area contributed by atoms with Crippen LogP contribution in [0, 0.1) is 6.92 Å². The predicted molar refractivity (Wildman–Crippen MR) is 111 cm³/mol. The van der Waals surface area contributed by atoms with Gasteiger partial charge < -0.3 is 10.1 Å². The molecule has 1 N–H and O–H groups in total.